The second-order valence-electron chi connectivity index (χ2n) is 8.20. The maximum absolute atomic E-state index is 13.3. The van der Waals surface area contributed by atoms with Crippen LogP contribution in [0.4, 0.5) is 11.4 Å². The molecule has 1 aliphatic carbocycles. The number of hydrogen-bond donors (Lipinski definition) is 2. The van der Waals surface area contributed by atoms with Crippen LogP contribution in [0.2, 0.25) is 0 Å². The SMILES string of the molecule is CCOC(=O)C1=C(Nc2ccccc2)C[C@](C)(O)[C@@H](C(=O)OCC)[C@@H]1c1cccc([N+](=O)[O-])c1. The third kappa shape index (κ3) is 5.26. The molecule has 0 heterocycles. The Morgan fingerprint density at radius 1 is 1.12 bits per heavy atom. The van der Waals surface area contributed by atoms with Gasteiger partial charge in [-0.1, -0.05) is 30.3 Å². The van der Waals surface area contributed by atoms with Gasteiger partial charge in [-0.3, -0.25) is 14.9 Å². The molecule has 2 aromatic rings. The van der Waals surface area contributed by atoms with Crippen LogP contribution >= 0.6 is 0 Å². The van der Waals surface area contributed by atoms with E-state index in [1.165, 1.54) is 25.1 Å². The molecule has 9 heteroatoms. The van der Waals surface area contributed by atoms with E-state index in [0.29, 0.717) is 16.9 Å². The van der Waals surface area contributed by atoms with Crippen molar-refractivity contribution in [3.8, 4) is 0 Å². The molecule has 0 aromatic heterocycles. The lowest BCUT2D eigenvalue weighted by molar-refractivity contribution is -0.384. The van der Waals surface area contributed by atoms with Crippen LogP contribution in [-0.4, -0.2) is 40.8 Å². The Hall–Kier alpha value is -3.72. The average molecular weight is 469 g/mol. The van der Waals surface area contributed by atoms with Crippen LogP contribution in [-0.2, 0) is 19.1 Å². The van der Waals surface area contributed by atoms with Crippen molar-refractivity contribution in [2.75, 3.05) is 18.5 Å². The highest BCUT2D eigenvalue weighted by molar-refractivity contribution is 5.94. The summed E-state index contributed by atoms with van der Waals surface area (Å²) in [7, 11) is 0. The first-order valence-corrected chi connectivity index (χ1v) is 11.0. The molecule has 0 unspecified atom stereocenters. The van der Waals surface area contributed by atoms with E-state index in [9.17, 15) is 24.8 Å². The number of benzene rings is 2. The molecule has 2 N–H and O–H groups in total. The zero-order valence-electron chi connectivity index (χ0n) is 19.3. The molecule has 0 amide bonds. The van der Waals surface area contributed by atoms with Crippen molar-refractivity contribution in [1.29, 1.82) is 0 Å². The molecule has 2 aromatic carbocycles. The Bertz CT molecular complexity index is 1100. The van der Waals surface area contributed by atoms with Crippen molar-refractivity contribution in [2.24, 2.45) is 5.92 Å². The minimum absolute atomic E-state index is 0.0645. The summed E-state index contributed by atoms with van der Waals surface area (Å²) in [6.45, 7) is 4.95. The summed E-state index contributed by atoms with van der Waals surface area (Å²) < 4.78 is 10.6. The van der Waals surface area contributed by atoms with Crippen LogP contribution in [0.25, 0.3) is 0 Å². The number of nitrogens with zero attached hydrogens (tertiary/aromatic N) is 1. The van der Waals surface area contributed by atoms with Gasteiger partial charge >= 0.3 is 11.9 Å². The number of ether oxygens (including phenoxy) is 2. The Kier molecular flexibility index (Phi) is 7.68. The van der Waals surface area contributed by atoms with Crippen molar-refractivity contribution in [3.63, 3.8) is 0 Å². The second kappa shape index (κ2) is 10.5. The fourth-order valence-corrected chi connectivity index (χ4v) is 4.36. The van der Waals surface area contributed by atoms with Crippen LogP contribution in [0.3, 0.4) is 0 Å². The Labute approximate surface area is 197 Å². The Morgan fingerprint density at radius 2 is 1.79 bits per heavy atom. The predicted molar refractivity (Wildman–Crippen MR) is 125 cm³/mol. The molecule has 3 rings (SSSR count). The maximum Gasteiger partial charge on any atom is 0.336 e. The molecular formula is C25H28N2O7. The molecule has 0 saturated carbocycles. The molecule has 1 aliphatic rings. The minimum Gasteiger partial charge on any atom is -0.466 e. The van der Waals surface area contributed by atoms with E-state index in [1.54, 1.807) is 32.0 Å². The van der Waals surface area contributed by atoms with Crippen LogP contribution < -0.4 is 5.32 Å². The van der Waals surface area contributed by atoms with Crippen molar-refractivity contribution in [1.82, 2.24) is 0 Å². The van der Waals surface area contributed by atoms with E-state index >= 15 is 0 Å². The third-order valence-electron chi connectivity index (χ3n) is 5.72. The number of esters is 2. The minimum atomic E-state index is -1.63. The number of para-hydroxylation sites is 1. The average Bonchev–Trinajstić information content (AvgIpc) is 2.79. The lowest BCUT2D eigenvalue weighted by Crippen LogP contribution is -2.49. The second-order valence-corrected chi connectivity index (χ2v) is 8.20. The summed E-state index contributed by atoms with van der Waals surface area (Å²) in [5.41, 5.74) is -0.354. The van der Waals surface area contributed by atoms with Gasteiger partial charge in [0, 0.05) is 35.9 Å². The van der Waals surface area contributed by atoms with Gasteiger partial charge in [0.25, 0.3) is 5.69 Å². The van der Waals surface area contributed by atoms with Gasteiger partial charge in [0.05, 0.1) is 35.2 Å². The van der Waals surface area contributed by atoms with E-state index < -0.39 is 34.3 Å². The van der Waals surface area contributed by atoms with Crippen molar-refractivity contribution in [3.05, 3.63) is 81.5 Å². The molecule has 0 saturated heterocycles. The standard InChI is InChI=1S/C25H28N2O7/c1-4-33-23(28)21-19(26-17-11-7-6-8-12-17)15-25(3,30)22(24(29)34-5-2)20(21)16-10-9-13-18(14-16)27(31)32/h6-14,20,22,26,30H,4-5,15H2,1-3H3/t20-,22-,25+/m1/s1. The number of carbonyl (C=O) groups excluding carboxylic acids is 2. The summed E-state index contributed by atoms with van der Waals surface area (Å²) in [5, 5.41) is 26.1. The normalized spacial score (nSPS) is 22.1. The molecule has 180 valence electrons. The van der Waals surface area contributed by atoms with Gasteiger partial charge in [-0.25, -0.2) is 4.79 Å². The maximum atomic E-state index is 13.3. The van der Waals surface area contributed by atoms with E-state index in [1.807, 2.05) is 18.2 Å². The van der Waals surface area contributed by atoms with Crippen molar-refractivity contribution >= 4 is 23.3 Å². The van der Waals surface area contributed by atoms with E-state index in [4.69, 9.17) is 9.47 Å². The molecule has 3 atom stereocenters. The third-order valence-corrected chi connectivity index (χ3v) is 5.72. The monoisotopic (exact) mass is 468 g/mol. The Balaban J connectivity index is 2.28. The number of aliphatic hydroxyl groups is 1. The smallest absolute Gasteiger partial charge is 0.336 e. The molecule has 9 nitrogen and oxygen atoms in total. The lowest BCUT2D eigenvalue weighted by Gasteiger charge is -2.43. The predicted octanol–water partition coefficient (Wildman–Crippen LogP) is 3.94. The van der Waals surface area contributed by atoms with Gasteiger partial charge in [-0.2, -0.15) is 0 Å². The van der Waals surface area contributed by atoms with Crippen LogP contribution in [0.1, 0.15) is 38.7 Å². The number of nitro groups is 1. The van der Waals surface area contributed by atoms with Gasteiger partial charge in [-0.15, -0.1) is 0 Å². The van der Waals surface area contributed by atoms with E-state index in [0.717, 1.165) is 0 Å². The summed E-state index contributed by atoms with van der Waals surface area (Å²) in [4.78, 5) is 37.2. The highest BCUT2D eigenvalue weighted by Crippen LogP contribution is 2.48. The summed E-state index contributed by atoms with van der Waals surface area (Å²) >= 11 is 0. The first kappa shape index (κ1) is 24.9. The van der Waals surface area contributed by atoms with Gasteiger partial charge < -0.3 is 19.9 Å². The number of anilines is 1. The largest absolute Gasteiger partial charge is 0.466 e. The molecule has 0 radical (unpaired) electrons. The fraction of sp³-hybridized carbons (Fsp3) is 0.360. The van der Waals surface area contributed by atoms with E-state index in [-0.39, 0.29) is 30.9 Å². The van der Waals surface area contributed by atoms with Crippen LogP contribution in [0, 0.1) is 16.0 Å². The van der Waals surface area contributed by atoms with Gasteiger partial charge in [0.2, 0.25) is 0 Å². The van der Waals surface area contributed by atoms with Crippen LogP contribution in [0.15, 0.2) is 65.9 Å². The fourth-order valence-electron chi connectivity index (χ4n) is 4.36. The number of nitro benzene ring substituents is 1. The zero-order chi connectivity index (χ0) is 24.9. The van der Waals surface area contributed by atoms with Crippen molar-refractivity contribution in [2.45, 2.75) is 38.7 Å². The number of carbonyl (C=O) groups is 2. The summed E-state index contributed by atoms with van der Waals surface area (Å²) in [6.07, 6.45) is -0.0645. The molecule has 0 fully saturated rings. The van der Waals surface area contributed by atoms with Gasteiger partial charge in [0.15, 0.2) is 0 Å². The number of hydrogen-bond acceptors (Lipinski definition) is 8. The highest BCUT2D eigenvalue weighted by Gasteiger charge is 2.52. The molecule has 34 heavy (non-hydrogen) atoms. The number of nitrogens with one attached hydrogen (secondary N) is 1. The highest BCUT2D eigenvalue weighted by atomic mass is 16.6. The first-order chi connectivity index (χ1) is 16.2. The van der Waals surface area contributed by atoms with Crippen molar-refractivity contribution < 1.29 is 29.1 Å². The zero-order valence-corrected chi connectivity index (χ0v) is 19.3. The molecule has 0 aliphatic heterocycles. The first-order valence-electron chi connectivity index (χ1n) is 11.0. The number of non-ortho nitro benzene ring substituents is 1. The summed E-state index contributed by atoms with van der Waals surface area (Å²) in [5.74, 6) is -3.63. The summed E-state index contributed by atoms with van der Waals surface area (Å²) in [6, 6.07) is 14.7. The van der Waals surface area contributed by atoms with E-state index in [2.05, 4.69) is 5.32 Å². The lowest BCUT2D eigenvalue weighted by atomic mass is 9.65. The van der Waals surface area contributed by atoms with Gasteiger partial charge in [-0.05, 0) is 38.5 Å². The van der Waals surface area contributed by atoms with Crippen LogP contribution in [0.5, 0.6) is 0 Å². The quantitative estimate of drug-likeness (QED) is 0.339. The van der Waals surface area contributed by atoms with Gasteiger partial charge in [0.1, 0.15) is 0 Å². The number of rotatable bonds is 8. The topological polar surface area (TPSA) is 128 Å². The Morgan fingerprint density at radius 3 is 2.41 bits per heavy atom. The molecule has 0 spiro atoms. The molecule has 0 bridgehead atoms. The molecular weight excluding hydrogens is 440 g/mol.